The average molecular weight is 465 g/mol. The first-order chi connectivity index (χ1) is 14.9. The number of aryl methyl sites for hydroxylation is 1. The van der Waals surface area contributed by atoms with E-state index in [-0.39, 0.29) is 11.5 Å². The molecular weight excluding hydrogens is 440 g/mol. The molecule has 0 radical (unpaired) electrons. The van der Waals surface area contributed by atoms with E-state index in [9.17, 15) is 13.2 Å². The molecule has 1 aromatic carbocycles. The molecule has 166 valence electrons. The second kappa shape index (κ2) is 10.6. The largest absolute Gasteiger partial charge is 0.464 e. The molecule has 0 fully saturated rings. The van der Waals surface area contributed by atoms with Gasteiger partial charge >= 0.3 is 5.97 Å². The SMILES string of the molecule is CSCCC(NS(=O)(=O)c1ccccc1)C(=O)OCCCn1cnc2c(N)ncnc21. The molecule has 12 heteroatoms. The van der Waals surface area contributed by atoms with Gasteiger partial charge in [0.05, 0.1) is 17.8 Å². The van der Waals surface area contributed by atoms with Crippen molar-refractivity contribution < 1.29 is 17.9 Å². The fourth-order valence-corrected chi connectivity index (χ4v) is 4.60. The monoisotopic (exact) mass is 464 g/mol. The maximum absolute atomic E-state index is 12.6. The lowest BCUT2D eigenvalue weighted by Gasteiger charge is -2.17. The highest BCUT2D eigenvalue weighted by Gasteiger charge is 2.26. The number of hydrogen-bond acceptors (Lipinski definition) is 9. The number of rotatable bonds is 11. The molecule has 0 aliphatic heterocycles. The molecular formula is C19H24N6O4S2. The van der Waals surface area contributed by atoms with Crippen LogP contribution in [0, 0.1) is 0 Å². The first-order valence-corrected chi connectivity index (χ1v) is 12.4. The fraction of sp³-hybridized carbons (Fsp3) is 0.368. The summed E-state index contributed by atoms with van der Waals surface area (Å²) in [5.41, 5.74) is 6.90. The van der Waals surface area contributed by atoms with E-state index in [2.05, 4.69) is 19.7 Å². The minimum Gasteiger partial charge on any atom is -0.464 e. The van der Waals surface area contributed by atoms with Crippen LogP contribution >= 0.6 is 11.8 Å². The third-order valence-corrected chi connectivity index (χ3v) is 6.59. The quantitative estimate of drug-likeness (QED) is 0.318. The van der Waals surface area contributed by atoms with Crippen molar-refractivity contribution in [3.8, 4) is 0 Å². The molecule has 31 heavy (non-hydrogen) atoms. The van der Waals surface area contributed by atoms with Crippen molar-refractivity contribution in [3.63, 3.8) is 0 Å². The number of imidazole rings is 1. The number of carbonyl (C=O) groups excluding carboxylic acids is 1. The van der Waals surface area contributed by atoms with E-state index in [0.29, 0.717) is 42.1 Å². The minimum absolute atomic E-state index is 0.102. The second-order valence-electron chi connectivity index (χ2n) is 6.66. The summed E-state index contributed by atoms with van der Waals surface area (Å²) in [4.78, 5) is 24.9. The van der Waals surface area contributed by atoms with Crippen LogP contribution in [-0.4, -0.2) is 58.6 Å². The van der Waals surface area contributed by atoms with E-state index in [1.54, 1.807) is 29.1 Å². The molecule has 0 saturated heterocycles. The van der Waals surface area contributed by atoms with Crippen LogP contribution in [-0.2, 0) is 26.1 Å². The van der Waals surface area contributed by atoms with Crippen LogP contribution in [0.3, 0.4) is 0 Å². The second-order valence-corrected chi connectivity index (χ2v) is 9.36. The molecule has 0 aliphatic carbocycles. The van der Waals surface area contributed by atoms with Gasteiger partial charge in [0.15, 0.2) is 11.5 Å². The molecule has 3 aromatic rings. The highest BCUT2D eigenvalue weighted by Crippen LogP contribution is 2.15. The highest BCUT2D eigenvalue weighted by molar-refractivity contribution is 7.98. The predicted molar refractivity (Wildman–Crippen MR) is 119 cm³/mol. The van der Waals surface area contributed by atoms with Crippen LogP contribution in [0.2, 0.25) is 0 Å². The molecule has 0 spiro atoms. The number of nitrogens with zero attached hydrogens (tertiary/aromatic N) is 4. The highest BCUT2D eigenvalue weighted by atomic mass is 32.2. The summed E-state index contributed by atoms with van der Waals surface area (Å²) in [6.45, 7) is 0.632. The number of nitrogens with one attached hydrogen (secondary N) is 1. The number of esters is 1. The zero-order chi connectivity index (χ0) is 22.3. The van der Waals surface area contributed by atoms with Crippen molar-refractivity contribution in [2.45, 2.75) is 30.3 Å². The van der Waals surface area contributed by atoms with Gasteiger partial charge in [0, 0.05) is 6.54 Å². The minimum atomic E-state index is -3.83. The van der Waals surface area contributed by atoms with Gasteiger partial charge in [-0.15, -0.1) is 0 Å². The van der Waals surface area contributed by atoms with Crippen molar-refractivity contribution in [1.82, 2.24) is 24.2 Å². The predicted octanol–water partition coefficient (Wildman–Crippen LogP) is 1.44. The topological polar surface area (TPSA) is 142 Å². The van der Waals surface area contributed by atoms with Crippen molar-refractivity contribution >= 4 is 44.7 Å². The van der Waals surface area contributed by atoms with Crippen LogP contribution in [0.15, 0.2) is 47.9 Å². The molecule has 0 saturated carbocycles. The van der Waals surface area contributed by atoms with E-state index in [0.717, 1.165) is 0 Å². The standard InChI is InChI=1S/C19H24N6O4S2/c1-30-11-8-15(24-31(27,28)14-6-3-2-4-7-14)19(26)29-10-5-9-25-13-23-16-17(20)21-12-22-18(16)25/h2-4,6-7,12-13,15,24H,5,8-11H2,1H3,(H2,20,21,22). The van der Waals surface area contributed by atoms with Gasteiger partial charge in [-0.1, -0.05) is 18.2 Å². The zero-order valence-electron chi connectivity index (χ0n) is 17.0. The van der Waals surface area contributed by atoms with E-state index >= 15 is 0 Å². The van der Waals surface area contributed by atoms with Gasteiger partial charge in [-0.2, -0.15) is 16.5 Å². The summed E-state index contributed by atoms with van der Waals surface area (Å²) in [7, 11) is -3.83. The number of aromatic nitrogens is 4. The number of hydrogen-bond donors (Lipinski definition) is 2. The molecule has 3 rings (SSSR count). The summed E-state index contributed by atoms with van der Waals surface area (Å²) >= 11 is 1.52. The number of benzene rings is 1. The third kappa shape index (κ3) is 5.93. The molecule has 10 nitrogen and oxygen atoms in total. The number of anilines is 1. The fourth-order valence-electron chi connectivity index (χ4n) is 2.89. The summed E-state index contributed by atoms with van der Waals surface area (Å²) < 4.78 is 34.8. The van der Waals surface area contributed by atoms with Gasteiger partial charge in [0.1, 0.15) is 17.9 Å². The first kappa shape index (κ1) is 23.0. The number of fused-ring (bicyclic) bond motifs is 1. The Balaban J connectivity index is 1.57. The Morgan fingerprint density at radius 3 is 2.77 bits per heavy atom. The van der Waals surface area contributed by atoms with Crippen LogP contribution in [0.1, 0.15) is 12.8 Å². The molecule has 2 aromatic heterocycles. The van der Waals surface area contributed by atoms with Crippen LogP contribution in [0.5, 0.6) is 0 Å². The summed E-state index contributed by atoms with van der Waals surface area (Å²) in [6.07, 6.45) is 5.69. The Labute approximate surface area is 184 Å². The molecule has 1 atom stereocenters. The first-order valence-electron chi connectivity index (χ1n) is 9.56. The maximum Gasteiger partial charge on any atom is 0.324 e. The molecule has 1 unspecified atom stereocenters. The smallest absolute Gasteiger partial charge is 0.324 e. The van der Waals surface area contributed by atoms with Crippen molar-refractivity contribution in [2.75, 3.05) is 24.3 Å². The lowest BCUT2D eigenvalue weighted by molar-refractivity contribution is -0.145. The Morgan fingerprint density at radius 1 is 1.26 bits per heavy atom. The zero-order valence-corrected chi connectivity index (χ0v) is 18.6. The summed E-state index contributed by atoms with van der Waals surface area (Å²) in [5.74, 6) is 0.312. The molecule has 3 N–H and O–H groups in total. The van der Waals surface area contributed by atoms with Crippen molar-refractivity contribution in [2.24, 2.45) is 0 Å². The molecule has 0 bridgehead atoms. The van der Waals surface area contributed by atoms with Gasteiger partial charge in [-0.05, 0) is 37.0 Å². The average Bonchev–Trinajstić information content (AvgIpc) is 3.19. The van der Waals surface area contributed by atoms with Gasteiger partial charge in [0.25, 0.3) is 0 Å². The van der Waals surface area contributed by atoms with Crippen LogP contribution in [0.4, 0.5) is 5.82 Å². The van der Waals surface area contributed by atoms with Gasteiger partial charge < -0.3 is 15.0 Å². The molecule has 2 heterocycles. The number of thioether (sulfide) groups is 1. The van der Waals surface area contributed by atoms with E-state index in [1.807, 2.05) is 6.26 Å². The molecule has 0 aliphatic rings. The van der Waals surface area contributed by atoms with Gasteiger partial charge in [-0.3, -0.25) is 4.79 Å². The Hall–Kier alpha value is -2.70. The Morgan fingerprint density at radius 2 is 2.03 bits per heavy atom. The number of ether oxygens (including phenoxy) is 1. The van der Waals surface area contributed by atoms with Crippen molar-refractivity contribution in [3.05, 3.63) is 43.0 Å². The van der Waals surface area contributed by atoms with Crippen molar-refractivity contribution in [1.29, 1.82) is 0 Å². The number of nitrogen functional groups attached to an aromatic ring is 1. The Bertz CT molecular complexity index is 1120. The van der Waals surface area contributed by atoms with E-state index in [1.165, 1.54) is 30.2 Å². The van der Waals surface area contributed by atoms with Gasteiger partial charge in [-0.25, -0.2) is 23.4 Å². The number of carbonyl (C=O) groups is 1. The Kier molecular flexibility index (Phi) is 7.82. The number of nitrogens with two attached hydrogens (primary N) is 1. The molecule has 0 amide bonds. The van der Waals surface area contributed by atoms with Crippen LogP contribution < -0.4 is 10.5 Å². The lowest BCUT2D eigenvalue weighted by atomic mass is 10.2. The van der Waals surface area contributed by atoms with E-state index in [4.69, 9.17) is 10.5 Å². The summed E-state index contributed by atoms with van der Waals surface area (Å²) in [5, 5.41) is 0. The third-order valence-electron chi connectivity index (χ3n) is 4.46. The lowest BCUT2D eigenvalue weighted by Crippen LogP contribution is -2.42. The summed E-state index contributed by atoms with van der Waals surface area (Å²) in [6, 6.07) is 6.97. The normalized spacial score (nSPS) is 12.7. The van der Waals surface area contributed by atoms with Gasteiger partial charge in [0.2, 0.25) is 10.0 Å². The van der Waals surface area contributed by atoms with E-state index < -0.39 is 22.0 Å². The number of sulfonamides is 1. The van der Waals surface area contributed by atoms with Crippen LogP contribution in [0.25, 0.3) is 11.2 Å². The maximum atomic E-state index is 12.6.